The first-order chi connectivity index (χ1) is 9.15. The number of nitrogens with one attached hydrogen (secondary N) is 1. The van der Waals surface area contributed by atoms with Gasteiger partial charge in [0.2, 0.25) is 0 Å². The van der Waals surface area contributed by atoms with Gasteiger partial charge < -0.3 is 15.2 Å². The highest BCUT2D eigenvalue weighted by atomic mass is 16.5. The maximum atomic E-state index is 9.62. The molecule has 0 saturated heterocycles. The quantitative estimate of drug-likeness (QED) is 0.829. The van der Waals surface area contributed by atoms with Crippen LogP contribution in [0, 0.1) is 0 Å². The Bertz CT molecular complexity index is 397. The predicted octanol–water partition coefficient (Wildman–Crippen LogP) is 2.87. The molecule has 2 rings (SSSR count). The van der Waals surface area contributed by atoms with Gasteiger partial charge in [-0.2, -0.15) is 0 Å². The SMILES string of the molecule is CC(C)Oc1ccccc1CNC1(CO)CCCC1. The number of para-hydroxylation sites is 1. The third kappa shape index (κ3) is 3.71. The average Bonchev–Trinajstić information content (AvgIpc) is 2.87. The van der Waals surface area contributed by atoms with Gasteiger partial charge in [-0.3, -0.25) is 0 Å². The van der Waals surface area contributed by atoms with E-state index < -0.39 is 0 Å². The van der Waals surface area contributed by atoms with Crippen molar-refractivity contribution in [2.75, 3.05) is 6.61 Å². The maximum absolute atomic E-state index is 9.62. The highest BCUT2D eigenvalue weighted by molar-refractivity contribution is 5.33. The van der Waals surface area contributed by atoms with E-state index in [1.807, 2.05) is 32.0 Å². The van der Waals surface area contributed by atoms with Gasteiger partial charge in [-0.1, -0.05) is 31.0 Å². The number of aliphatic hydroxyl groups excluding tert-OH is 1. The van der Waals surface area contributed by atoms with Gasteiger partial charge in [0.1, 0.15) is 5.75 Å². The highest BCUT2D eigenvalue weighted by Crippen LogP contribution is 2.30. The first-order valence-electron chi connectivity index (χ1n) is 7.26. The van der Waals surface area contributed by atoms with Gasteiger partial charge in [0, 0.05) is 17.6 Å². The lowest BCUT2D eigenvalue weighted by Crippen LogP contribution is -2.45. The summed E-state index contributed by atoms with van der Waals surface area (Å²) in [6.07, 6.45) is 4.72. The van der Waals surface area contributed by atoms with Gasteiger partial charge >= 0.3 is 0 Å². The van der Waals surface area contributed by atoms with Gasteiger partial charge in [-0.25, -0.2) is 0 Å². The van der Waals surface area contributed by atoms with Crippen molar-refractivity contribution in [2.24, 2.45) is 0 Å². The van der Waals surface area contributed by atoms with Crippen LogP contribution in [0.3, 0.4) is 0 Å². The maximum Gasteiger partial charge on any atom is 0.124 e. The van der Waals surface area contributed by atoms with Crippen LogP contribution in [0.1, 0.15) is 45.1 Å². The predicted molar refractivity (Wildman–Crippen MR) is 77.3 cm³/mol. The molecular weight excluding hydrogens is 238 g/mol. The third-order valence-corrected chi connectivity index (χ3v) is 3.85. The van der Waals surface area contributed by atoms with E-state index in [0.717, 1.165) is 30.7 Å². The summed E-state index contributed by atoms with van der Waals surface area (Å²) in [6, 6.07) is 8.13. The molecule has 0 unspecified atom stereocenters. The Morgan fingerprint density at radius 3 is 2.58 bits per heavy atom. The number of ether oxygens (including phenoxy) is 1. The molecule has 1 aliphatic carbocycles. The summed E-state index contributed by atoms with van der Waals surface area (Å²) in [5, 5.41) is 13.2. The van der Waals surface area contributed by atoms with Crippen LogP contribution in [-0.2, 0) is 6.54 Å². The van der Waals surface area contributed by atoms with Crippen molar-refractivity contribution in [3.8, 4) is 5.75 Å². The molecule has 1 fully saturated rings. The fraction of sp³-hybridized carbons (Fsp3) is 0.625. The lowest BCUT2D eigenvalue weighted by molar-refractivity contribution is 0.162. The Hall–Kier alpha value is -1.06. The summed E-state index contributed by atoms with van der Waals surface area (Å²) in [5.41, 5.74) is 1.08. The van der Waals surface area contributed by atoms with Crippen LogP contribution < -0.4 is 10.1 Å². The van der Waals surface area contributed by atoms with Crippen molar-refractivity contribution in [1.29, 1.82) is 0 Å². The molecule has 0 radical (unpaired) electrons. The molecule has 0 heterocycles. The zero-order valence-corrected chi connectivity index (χ0v) is 12.0. The minimum atomic E-state index is -0.0784. The van der Waals surface area contributed by atoms with Crippen LogP contribution in [0.5, 0.6) is 5.75 Å². The third-order valence-electron chi connectivity index (χ3n) is 3.85. The Labute approximate surface area is 116 Å². The second-order valence-electron chi connectivity index (χ2n) is 5.77. The van der Waals surface area contributed by atoms with Crippen molar-refractivity contribution in [3.63, 3.8) is 0 Å². The number of hydrogen-bond donors (Lipinski definition) is 2. The van der Waals surface area contributed by atoms with E-state index in [2.05, 4.69) is 11.4 Å². The van der Waals surface area contributed by atoms with Crippen molar-refractivity contribution >= 4 is 0 Å². The molecule has 0 spiro atoms. The van der Waals surface area contributed by atoms with Gasteiger partial charge in [0.15, 0.2) is 0 Å². The fourth-order valence-electron chi connectivity index (χ4n) is 2.74. The zero-order chi connectivity index (χ0) is 13.7. The summed E-state index contributed by atoms with van der Waals surface area (Å²) in [5.74, 6) is 0.941. The van der Waals surface area contributed by atoms with Gasteiger partial charge in [-0.15, -0.1) is 0 Å². The molecule has 1 aliphatic rings. The van der Waals surface area contributed by atoms with Gasteiger partial charge in [-0.05, 0) is 32.8 Å². The molecule has 1 aromatic carbocycles. The van der Waals surface area contributed by atoms with E-state index in [1.54, 1.807) is 0 Å². The van der Waals surface area contributed by atoms with Crippen molar-refractivity contribution in [1.82, 2.24) is 5.32 Å². The molecular formula is C16H25NO2. The summed E-state index contributed by atoms with van der Waals surface area (Å²) in [4.78, 5) is 0. The minimum absolute atomic E-state index is 0.0784. The molecule has 2 N–H and O–H groups in total. The monoisotopic (exact) mass is 263 g/mol. The van der Waals surface area contributed by atoms with Crippen LogP contribution >= 0.6 is 0 Å². The van der Waals surface area contributed by atoms with Crippen LogP contribution in [0.2, 0.25) is 0 Å². The summed E-state index contributed by atoms with van der Waals surface area (Å²) < 4.78 is 5.82. The summed E-state index contributed by atoms with van der Waals surface area (Å²) in [7, 11) is 0. The molecule has 3 heteroatoms. The van der Waals surface area contributed by atoms with E-state index in [1.165, 1.54) is 12.8 Å². The fourth-order valence-corrected chi connectivity index (χ4v) is 2.74. The Morgan fingerprint density at radius 1 is 1.26 bits per heavy atom. The van der Waals surface area contributed by atoms with E-state index in [9.17, 15) is 5.11 Å². The van der Waals surface area contributed by atoms with Crippen LogP contribution in [0.25, 0.3) is 0 Å². The van der Waals surface area contributed by atoms with Crippen molar-refractivity contribution in [2.45, 2.75) is 57.7 Å². The molecule has 0 amide bonds. The van der Waals surface area contributed by atoms with Crippen LogP contribution in [0.15, 0.2) is 24.3 Å². The van der Waals surface area contributed by atoms with Crippen LogP contribution in [-0.4, -0.2) is 23.4 Å². The molecule has 106 valence electrons. The molecule has 0 aromatic heterocycles. The van der Waals surface area contributed by atoms with Gasteiger partial charge in [0.25, 0.3) is 0 Å². The number of benzene rings is 1. The van der Waals surface area contributed by atoms with E-state index in [-0.39, 0.29) is 18.2 Å². The van der Waals surface area contributed by atoms with E-state index >= 15 is 0 Å². The van der Waals surface area contributed by atoms with Crippen molar-refractivity contribution < 1.29 is 9.84 Å². The number of rotatable bonds is 6. The molecule has 1 saturated carbocycles. The van der Waals surface area contributed by atoms with Gasteiger partial charge in [0.05, 0.1) is 12.7 Å². The Balaban J connectivity index is 2.02. The number of aliphatic hydroxyl groups is 1. The normalized spacial score (nSPS) is 17.9. The minimum Gasteiger partial charge on any atom is -0.491 e. The second kappa shape index (κ2) is 6.40. The smallest absolute Gasteiger partial charge is 0.124 e. The molecule has 19 heavy (non-hydrogen) atoms. The summed E-state index contributed by atoms with van der Waals surface area (Å²) in [6.45, 7) is 5.05. The molecule has 0 aliphatic heterocycles. The zero-order valence-electron chi connectivity index (χ0n) is 12.0. The molecule has 1 aromatic rings. The average molecular weight is 263 g/mol. The van der Waals surface area contributed by atoms with Crippen molar-refractivity contribution in [3.05, 3.63) is 29.8 Å². The van der Waals surface area contributed by atoms with E-state index in [0.29, 0.717) is 0 Å². The molecule has 3 nitrogen and oxygen atoms in total. The highest BCUT2D eigenvalue weighted by Gasteiger charge is 2.32. The molecule has 0 bridgehead atoms. The number of hydrogen-bond acceptors (Lipinski definition) is 3. The topological polar surface area (TPSA) is 41.5 Å². The largest absolute Gasteiger partial charge is 0.491 e. The first kappa shape index (κ1) is 14.4. The molecule has 0 atom stereocenters. The first-order valence-corrected chi connectivity index (χ1v) is 7.26. The second-order valence-corrected chi connectivity index (χ2v) is 5.77. The van der Waals surface area contributed by atoms with E-state index in [4.69, 9.17) is 4.74 Å². The van der Waals surface area contributed by atoms with Crippen LogP contribution in [0.4, 0.5) is 0 Å². The Kier molecular flexibility index (Phi) is 4.83. The summed E-state index contributed by atoms with van der Waals surface area (Å²) >= 11 is 0. The standard InChI is InChI=1S/C16H25NO2/c1-13(2)19-15-8-4-3-7-14(15)11-17-16(12-18)9-5-6-10-16/h3-4,7-8,13,17-18H,5-6,9-12H2,1-2H3. The lowest BCUT2D eigenvalue weighted by Gasteiger charge is -2.28. The lowest BCUT2D eigenvalue weighted by atomic mass is 9.98. The Morgan fingerprint density at radius 2 is 1.95 bits per heavy atom.